The van der Waals surface area contributed by atoms with Crippen LogP contribution in [0.25, 0.3) is 0 Å². The molecule has 0 radical (unpaired) electrons. The van der Waals surface area contributed by atoms with Crippen LogP contribution >= 0.6 is 15.9 Å². The van der Waals surface area contributed by atoms with E-state index in [1.54, 1.807) is 12.1 Å². The number of aliphatic hydroxyl groups is 2. The molecule has 11 heavy (non-hydrogen) atoms. The first-order chi connectivity index (χ1) is 5.00. The predicted octanol–water partition coefficient (Wildman–Crippen LogP) is -0.428. The molecule has 2 N–H and O–H groups in total. The van der Waals surface area contributed by atoms with Gasteiger partial charge in [-0.15, -0.1) is 0 Å². The molecule has 3 nitrogen and oxygen atoms in total. The van der Waals surface area contributed by atoms with Gasteiger partial charge in [-0.3, -0.25) is 0 Å². The lowest BCUT2D eigenvalue weighted by Gasteiger charge is -2.15. The predicted molar refractivity (Wildman–Crippen MR) is 46.6 cm³/mol. The summed E-state index contributed by atoms with van der Waals surface area (Å²) in [6.45, 7) is 0. The highest BCUT2D eigenvalue weighted by atomic mass is 79.9. The first-order valence-corrected chi connectivity index (χ1v) is 3.86. The van der Waals surface area contributed by atoms with Crippen LogP contribution in [-0.2, 0) is 5.69 Å². The van der Waals surface area contributed by atoms with Crippen LogP contribution in [-0.4, -0.2) is 23.0 Å². The highest BCUT2D eigenvalue weighted by Crippen LogP contribution is 2.14. The zero-order valence-electron chi connectivity index (χ0n) is 5.95. The van der Waals surface area contributed by atoms with Crippen molar-refractivity contribution in [2.75, 3.05) is 0 Å². The van der Waals surface area contributed by atoms with E-state index in [4.69, 9.17) is 10.2 Å². The minimum Gasteiger partial charge on any atom is -0.370 e. The SMILES string of the molecule is BC(O)(O)c1ccc(Br)nc1. The molecule has 0 aromatic carbocycles. The molecule has 1 aromatic rings. The van der Waals surface area contributed by atoms with Gasteiger partial charge in [0, 0.05) is 11.8 Å². The molecule has 0 saturated carbocycles. The van der Waals surface area contributed by atoms with Crippen molar-refractivity contribution < 1.29 is 10.2 Å². The van der Waals surface area contributed by atoms with Crippen LogP contribution in [0.2, 0.25) is 0 Å². The van der Waals surface area contributed by atoms with Gasteiger partial charge in [-0.05, 0) is 22.0 Å². The second-order valence-electron chi connectivity index (χ2n) is 2.39. The third kappa shape index (κ3) is 2.29. The molecule has 0 fully saturated rings. The van der Waals surface area contributed by atoms with E-state index < -0.39 is 5.69 Å². The van der Waals surface area contributed by atoms with Crippen molar-refractivity contribution in [1.82, 2.24) is 4.98 Å². The summed E-state index contributed by atoms with van der Waals surface area (Å²) in [5.41, 5.74) is -1.42. The number of halogens is 1. The molecule has 58 valence electrons. The third-order valence-electron chi connectivity index (χ3n) is 1.27. The van der Waals surface area contributed by atoms with Gasteiger partial charge in [0.1, 0.15) is 10.3 Å². The van der Waals surface area contributed by atoms with E-state index in [1.165, 1.54) is 14.0 Å². The van der Waals surface area contributed by atoms with Crippen molar-refractivity contribution >= 4 is 23.8 Å². The molecule has 5 heteroatoms. The molecule has 0 aliphatic rings. The highest BCUT2D eigenvalue weighted by Gasteiger charge is 2.17. The van der Waals surface area contributed by atoms with E-state index in [-0.39, 0.29) is 0 Å². The van der Waals surface area contributed by atoms with Gasteiger partial charge in [0.15, 0.2) is 7.85 Å². The highest BCUT2D eigenvalue weighted by molar-refractivity contribution is 9.10. The Morgan fingerprint density at radius 3 is 2.45 bits per heavy atom. The second-order valence-corrected chi connectivity index (χ2v) is 3.20. The molecule has 0 aliphatic heterocycles. The van der Waals surface area contributed by atoms with Gasteiger partial charge in [0.25, 0.3) is 0 Å². The van der Waals surface area contributed by atoms with Crippen LogP contribution in [0.3, 0.4) is 0 Å². The molecular formula is C6H7BBrNO2. The monoisotopic (exact) mass is 215 g/mol. The van der Waals surface area contributed by atoms with E-state index in [9.17, 15) is 0 Å². The summed E-state index contributed by atoms with van der Waals surface area (Å²) in [4.78, 5) is 3.84. The Morgan fingerprint density at radius 1 is 1.45 bits per heavy atom. The zero-order valence-corrected chi connectivity index (χ0v) is 7.54. The first-order valence-electron chi connectivity index (χ1n) is 3.07. The fraction of sp³-hybridized carbons (Fsp3) is 0.167. The maximum Gasteiger partial charge on any atom is 0.184 e. The first kappa shape index (κ1) is 8.71. The number of nitrogens with zero attached hydrogens (tertiary/aromatic N) is 1. The average molecular weight is 216 g/mol. The van der Waals surface area contributed by atoms with Crippen LogP contribution in [0.4, 0.5) is 0 Å². The summed E-state index contributed by atoms with van der Waals surface area (Å²) in [5, 5.41) is 18.2. The van der Waals surface area contributed by atoms with Crippen molar-refractivity contribution in [2.45, 2.75) is 5.69 Å². The Morgan fingerprint density at radius 2 is 2.09 bits per heavy atom. The van der Waals surface area contributed by atoms with Gasteiger partial charge in [0.2, 0.25) is 0 Å². The molecule has 0 amide bonds. The van der Waals surface area contributed by atoms with Gasteiger partial charge in [-0.2, -0.15) is 0 Å². The van der Waals surface area contributed by atoms with Crippen molar-refractivity contribution in [2.24, 2.45) is 0 Å². The number of rotatable bonds is 1. The second kappa shape index (κ2) is 2.93. The minimum atomic E-state index is -1.80. The molecule has 0 saturated heterocycles. The molecule has 0 unspecified atom stereocenters. The zero-order chi connectivity index (χ0) is 8.48. The van der Waals surface area contributed by atoms with Crippen LogP contribution in [0.15, 0.2) is 22.9 Å². The minimum absolute atomic E-state index is 0.376. The lowest BCUT2D eigenvalue weighted by molar-refractivity contribution is -0.0912. The molecule has 0 bridgehead atoms. The maximum atomic E-state index is 9.08. The van der Waals surface area contributed by atoms with Crippen LogP contribution in [0, 0.1) is 0 Å². The van der Waals surface area contributed by atoms with Crippen LogP contribution < -0.4 is 0 Å². The molecule has 1 heterocycles. The maximum absolute atomic E-state index is 9.08. The topological polar surface area (TPSA) is 53.4 Å². The fourth-order valence-corrected chi connectivity index (χ4v) is 0.891. The molecule has 0 aliphatic carbocycles. The van der Waals surface area contributed by atoms with Crippen LogP contribution in [0.1, 0.15) is 5.56 Å². The average Bonchev–Trinajstić information content (AvgIpc) is 1.86. The summed E-state index contributed by atoms with van der Waals surface area (Å²) in [5.74, 6) is 0. The Bertz CT molecular complexity index is 244. The van der Waals surface area contributed by atoms with E-state index >= 15 is 0 Å². The summed E-state index contributed by atoms with van der Waals surface area (Å²) in [6.07, 6.45) is 1.41. The normalized spacial score (nSPS) is 11.5. The van der Waals surface area contributed by atoms with Gasteiger partial charge < -0.3 is 10.2 Å². The van der Waals surface area contributed by atoms with Crippen molar-refractivity contribution in [3.05, 3.63) is 28.5 Å². The molecule has 0 spiro atoms. The largest absolute Gasteiger partial charge is 0.370 e. The Labute approximate surface area is 73.6 Å². The van der Waals surface area contributed by atoms with Crippen LogP contribution in [0.5, 0.6) is 0 Å². The molecular weight excluding hydrogens is 209 g/mol. The summed E-state index contributed by atoms with van der Waals surface area (Å²) in [6, 6.07) is 3.25. The molecule has 1 rings (SSSR count). The Kier molecular flexibility index (Phi) is 2.32. The summed E-state index contributed by atoms with van der Waals surface area (Å²) in [7, 11) is 1.29. The van der Waals surface area contributed by atoms with Crippen molar-refractivity contribution in [1.29, 1.82) is 0 Å². The number of hydrogen-bond acceptors (Lipinski definition) is 3. The van der Waals surface area contributed by atoms with Gasteiger partial charge in [-0.1, -0.05) is 6.07 Å². The molecule has 0 atom stereocenters. The van der Waals surface area contributed by atoms with E-state index in [0.29, 0.717) is 10.2 Å². The summed E-state index contributed by atoms with van der Waals surface area (Å²) < 4.78 is 0.672. The standard InChI is InChI=1S/C6H7BBrNO2/c7-6(10,11)4-1-2-5(8)9-3-4/h1-3,10-11H,7H2. The van der Waals surface area contributed by atoms with E-state index in [0.717, 1.165) is 0 Å². The van der Waals surface area contributed by atoms with E-state index in [2.05, 4.69) is 20.9 Å². The number of aromatic nitrogens is 1. The van der Waals surface area contributed by atoms with Gasteiger partial charge in [-0.25, -0.2) is 4.98 Å². The van der Waals surface area contributed by atoms with Crippen molar-refractivity contribution in [3.63, 3.8) is 0 Å². The third-order valence-corrected chi connectivity index (χ3v) is 1.74. The number of hydrogen-bond donors (Lipinski definition) is 2. The Hall–Kier alpha value is -0.385. The Balaban J connectivity index is 2.99. The lowest BCUT2D eigenvalue weighted by Crippen LogP contribution is -2.24. The quantitative estimate of drug-likeness (QED) is 0.380. The van der Waals surface area contributed by atoms with E-state index in [1.807, 2.05) is 0 Å². The van der Waals surface area contributed by atoms with Gasteiger partial charge in [0.05, 0.1) is 0 Å². The van der Waals surface area contributed by atoms with Crippen molar-refractivity contribution in [3.8, 4) is 0 Å². The smallest absolute Gasteiger partial charge is 0.184 e. The van der Waals surface area contributed by atoms with Gasteiger partial charge >= 0.3 is 0 Å². The summed E-state index contributed by atoms with van der Waals surface area (Å²) >= 11 is 3.14. The lowest BCUT2D eigenvalue weighted by atomic mass is 9.89. The fourth-order valence-electron chi connectivity index (χ4n) is 0.656. The number of pyridine rings is 1. The molecule has 1 aromatic heterocycles.